The van der Waals surface area contributed by atoms with Gasteiger partial charge in [-0.25, -0.2) is 8.42 Å². The molecule has 0 fully saturated rings. The number of hydrogen-bond acceptors (Lipinski definition) is 6. The molecule has 0 aliphatic rings. The van der Waals surface area contributed by atoms with Crippen LogP contribution in [-0.2, 0) is 16.6 Å². The lowest BCUT2D eigenvalue weighted by atomic mass is 10.1. The lowest BCUT2D eigenvalue weighted by Crippen LogP contribution is -2.22. The van der Waals surface area contributed by atoms with E-state index in [2.05, 4.69) is 28.8 Å². The molecule has 0 atom stereocenters. The van der Waals surface area contributed by atoms with Crippen molar-refractivity contribution in [1.82, 2.24) is 4.90 Å². The van der Waals surface area contributed by atoms with E-state index < -0.39 is 10.0 Å². The summed E-state index contributed by atoms with van der Waals surface area (Å²) in [6.07, 6.45) is 0. The lowest BCUT2D eigenvalue weighted by Gasteiger charge is -2.18. The maximum absolute atomic E-state index is 13.1. The summed E-state index contributed by atoms with van der Waals surface area (Å²) in [7, 11) is -1.07. The molecule has 0 aromatic heterocycles. The van der Waals surface area contributed by atoms with Crippen LogP contribution in [0.1, 0.15) is 29.8 Å². The third-order valence-corrected chi connectivity index (χ3v) is 6.97. The quantitative estimate of drug-likeness (QED) is 0.402. The Morgan fingerprint density at radius 1 is 0.857 bits per heavy atom. The Morgan fingerprint density at radius 3 is 2.06 bits per heavy atom. The maximum Gasteiger partial charge on any atom is 0.265 e. The Balaban J connectivity index is 1.78. The summed E-state index contributed by atoms with van der Waals surface area (Å²) in [5.74, 6) is 0.428. The fraction of sp³-hybridized carbons (Fsp3) is 0.269. The van der Waals surface area contributed by atoms with Gasteiger partial charge in [0.1, 0.15) is 16.4 Å². The van der Waals surface area contributed by atoms with E-state index in [9.17, 15) is 13.2 Å². The summed E-state index contributed by atoms with van der Waals surface area (Å²) in [5, 5.41) is 2.77. The summed E-state index contributed by atoms with van der Waals surface area (Å²) < 4.78 is 39.0. The molecule has 3 aromatic rings. The summed E-state index contributed by atoms with van der Waals surface area (Å²) in [5.41, 5.74) is 2.29. The minimum atomic E-state index is -3.99. The molecule has 0 aliphatic heterocycles. The molecule has 1 amide bonds. The highest BCUT2D eigenvalue weighted by atomic mass is 32.2. The highest BCUT2D eigenvalue weighted by Crippen LogP contribution is 2.29. The van der Waals surface area contributed by atoms with E-state index in [1.54, 1.807) is 42.5 Å². The van der Waals surface area contributed by atoms with Crippen molar-refractivity contribution in [3.8, 4) is 11.5 Å². The number of amides is 1. The largest absolute Gasteiger partial charge is 0.497 e. The second-order valence-corrected chi connectivity index (χ2v) is 9.46. The number of anilines is 2. The topological polar surface area (TPSA) is 97.0 Å². The van der Waals surface area contributed by atoms with Gasteiger partial charge in [-0.05, 0) is 73.3 Å². The smallest absolute Gasteiger partial charge is 0.265 e. The molecular weight excluding hydrogens is 466 g/mol. The van der Waals surface area contributed by atoms with Gasteiger partial charge >= 0.3 is 0 Å². The molecule has 35 heavy (non-hydrogen) atoms. The molecule has 2 N–H and O–H groups in total. The monoisotopic (exact) mass is 497 g/mol. The summed E-state index contributed by atoms with van der Waals surface area (Å²) >= 11 is 0. The normalized spacial score (nSPS) is 11.2. The molecular formula is C26H31N3O5S. The number of methoxy groups -OCH3 is 2. The molecule has 0 heterocycles. The van der Waals surface area contributed by atoms with Crippen molar-refractivity contribution < 1.29 is 22.7 Å². The SMILES string of the molecule is CCN(CC)Cc1ccc(C(=O)Nc2ccc(OC)c(S(=O)(=O)Nc3ccc(OC)cc3)c2)cc1. The van der Waals surface area contributed by atoms with E-state index in [4.69, 9.17) is 9.47 Å². The van der Waals surface area contributed by atoms with Crippen LogP contribution in [0.4, 0.5) is 11.4 Å². The van der Waals surface area contributed by atoms with Crippen LogP contribution in [0.3, 0.4) is 0 Å². The van der Waals surface area contributed by atoms with Gasteiger partial charge in [-0.2, -0.15) is 0 Å². The van der Waals surface area contributed by atoms with Gasteiger partial charge in [-0.3, -0.25) is 14.4 Å². The molecule has 0 saturated carbocycles. The molecule has 9 heteroatoms. The number of nitrogens with zero attached hydrogens (tertiary/aromatic N) is 1. The second kappa shape index (κ2) is 11.7. The molecule has 0 radical (unpaired) electrons. The third kappa shape index (κ3) is 6.74. The van der Waals surface area contributed by atoms with Crippen molar-refractivity contribution in [2.45, 2.75) is 25.3 Å². The average Bonchev–Trinajstić information content (AvgIpc) is 2.87. The van der Waals surface area contributed by atoms with E-state index in [1.807, 2.05) is 12.1 Å². The first kappa shape index (κ1) is 26.1. The Bertz CT molecular complexity index is 1240. The van der Waals surface area contributed by atoms with E-state index in [-0.39, 0.29) is 16.6 Å². The van der Waals surface area contributed by atoms with Crippen molar-refractivity contribution >= 4 is 27.3 Å². The minimum absolute atomic E-state index is 0.0943. The summed E-state index contributed by atoms with van der Waals surface area (Å²) in [4.78, 5) is 15.0. The van der Waals surface area contributed by atoms with Gasteiger partial charge in [0.2, 0.25) is 0 Å². The minimum Gasteiger partial charge on any atom is -0.497 e. The van der Waals surface area contributed by atoms with Crippen LogP contribution in [0.5, 0.6) is 11.5 Å². The fourth-order valence-electron chi connectivity index (χ4n) is 3.50. The zero-order valence-corrected chi connectivity index (χ0v) is 21.2. The fourth-order valence-corrected chi connectivity index (χ4v) is 4.76. The Morgan fingerprint density at radius 2 is 1.49 bits per heavy atom. The maximum atomic E-state index is 13.1. The molecule has 3 rings (SSSR count). The number of carbonyl (C=O) groups excluding carboxylic acids is 1. The van der Waals surface area contributed by atoms with Gasteiger partial charge in [0.15, 0.2) is 0 Å². The standard InChI is InChI=1S/C26H31N3O5S/c1-5-29(6-2)18-19-7-9-20(10-8-19)26(30)27-22-13-16-24(34-4)25(17-22)35(31,32)28-21-11-14-23(33-3)15-12-21/h7-17,28H,5-6,18H2,1-4H3,(H,27,30). The number of nitrogens with one attached hydrogen (secondary N) is 2. The van der Waals surface area contributed by atoms with Crippen LogP contribution in [0.15, 0.2) is 71.6 Å². The molecule has 0 spiro atoms. The first-order valence-corrected chi connectivity index (χ1v) is 12.8. The van der Waals surface area contributed by atoms with Gasteiger partial charge in [-0.1, -0.05) is 26.0 Å². The molecule has 186 valence electrons. The van der Waals surface area contributed by atoms with E-state index in [0.29, 0.717) is 22.7 Å². The van der Waals surface area contributed by atoms with Crippen LogP contribution < -0.4 is 19.5 Å². The van der Waals surface area contributed by atoms with Gasteiger partial charge in [0.25, 0.3) is 15.9 Å². The third-order valence-electron chi connectivity index (χ3n) is 5.57. The number of carbonyl (C=O) groups is 1. The van der Waals surface area contributed by atoms with Crippen LogP contribution in [0.2, 0.25) is 0 Å². The Labute approximate surface area is 206 Å². The van der Waals surface area contributed by atoms with Gasteiger partial charge in [0, 0.05) is 23.5 Å². The second-order valence-electron chi connectivity index (χ2n) is 7.81. The highest BCUT2D eigenvalue weighted by molar-refractivity contribution is 7.92. The number of sulfonamides is 1. The molecule has 8 nitrogen and oxygen atoms in total. The first-order chi connectivity index (χ1) is 16.8. The van der Waals surface area contributed by atoms with Crippen LogP contribution in [-0.4, -0.2) is 46.5 Å². The molecule has 0 saturated heterocycles. The highest BCUT2D eigenvalue weighted by Gasteiger charge is 2.21. The number of ether oxygens (including phenoxy) is 2. The van der Waals surface area contributed by atoms with Crippen molar-refractivity contribution in [3.05, 3.63) is 77.9 Å². The molecule has 3 aromatic carbocycles. The van der Waals surface area contributed by atoms with Crippen molar-refractivity contribution in [2.24, 2.45) is 0 Å². The summed E-state index contributed by atoms with van der Waals surface area (Å²) in [6, 6.07) is 18.3. The molecule has 0 aliphatic carbocycles. The predicted octanol–water partition coefficient (Wildman–Crippen LogP) is 4.60. The van der Waals surface area contributed by atoms with Crippen molar-refractivity contribution in [1.29, 1.82) is 0 Å². The lowest BCUT2D eigenvalue weighted by molar-refractivity contribution is 0.102. The van der Waals surface area contributed by atoms with Gasteiger partial charge in [0.05, 0.1) is 14.2 Å². The van der Waals surface area contributed by atoms with Crippen molar-refractivity contribution in [3.63, 3.8) is 0 Å². The number of benzene rings is 3. The van der Waals surface area contributed by atoms with Crippen molar-refractivity contribution in [2.75, 3.05) is 37.3 Å². The first-order valence-electron chi connectivity index (χ1n) is 11.3. The average molecular weight is 498 g/mol. The van der Waals surface area contributed by atoms with Crippen LogP contribution >= 0.6 is 0 Å². The van der Waals surface area contributed by atoms with E-state index in [1.165, 1.54) is 26.4 Å². The van der Waals surface area contributed by atoms with Gasteiger partial charge in [-0.15, -0.1) is 0 Å². The van der Waals surface area contributed by atoms with Crippen LogP contribution in [0.25, 0.3) is 0 Å². The summed E-state index contributed by atoms with van der Waals surface area (Å²) in [6.45, 7) is 6.95. The van der Waals surface area contributed by atoms with Gasteiger partial charge < -0.3 is 14.8 Å². The van der Waals surface area contributed by atoms with E-state index in [0.717, 1.165) is 25.2 Å². The Kier molecular flexibility index (Phi) is 8.73. The number of hydrogen-bond donors (Lipinski definition) is 2. The zero-order chi connectivity index (χ0) is 25.4. The van der Waals surface area contributed by atoms with E-state index >= 15 is 0 Å². The molecule has 0 bridgehead atoms. The Hall–Kier alpha value is -3.56. The number of rotatable bonds is 11. The zero-order valence-electron chi connectivity index (χ0n) is 20.4. The predicted molar refractivity (Wildman–Crippen MR) is 138 cm³/mol. The molecule has 0 unspecified atom stereocenters. The van der Waals surface area contributed by atoms with Crippen LogP contribution in [0, 0.1) is 0 Å².